The number of nitriles is 1. The molecule has 16 heavy (non-hydrogen) atoms. The second-order valence-electron chi connectivity index (χ2n) is 4.11. The van der Waals surface area contributed by atoms with Crippen LogP contribution in [0.2, 0.25) is 0 Å². The van der Waals surface area contributed by atoms with E-state index in [1.54, 1.807) is 0 Å². The number of hydrogen-bond donors (Lipinski definition) is 0. The van der Waals surface area contributed by atoms with E-state index < -0.39 is 0 Å². The van der Waals surface area contributed by atoms with E-state index in [-0.39, 0.29) is 0 Å². The van der Waals surface area contributed by atoms with Crippen LogP contribution in [0.1, 0.15) is 16.7 Å². The van der Waals surface area contributed by atoms with Crippen molar-refractivity contribution in [2.75, 3.05) is 0 Å². The first-order valence-corrected chi connectivity index (χ1v) is 5.26. The summed E-state index contributed by atoms with van der Waals surface area (Å²) in [7, 11) is 1.94. The van der Waals surface area contributed by atoms with Crippen LogP contribution in [0.3, 0.4) is 0 Å². The maximum atomic E-state index is 9.09. The summed E-state index contributed by atoms with van der Waals surface area (Å²) in [5.41, 5.74) is 5.40. The lowest BCUT2D eigenvalue weighted by molar-refractivity contribution is 0.927. The van der Waals surface area contributed by atoms with Gasteiger partial charge in [-0.05, 0) is 30.5 Å². The number of aromatic nitrogens is 1. The smallest absolute Gasteiger partial charge is 0.101 e. The Hall–Kier alpha value is -2.01. The Morgan fingerprint density at radius 1 is 1.12 bits per heavy atom. The van der Waals surface area contributed by atoms with Gasteiger partial charge in [0.1, 0.15) is 6.07 Å². The molecule has 1 aromatic carbocycles. The Bertz CT molecular complexity index is 571. The van der Waals surface area contributed by atoms with Crippen molar-refractivity contribution >= 4 is 0 Å². The molecule has 0 saturated heterocycles. The summed E-state index contributed by atoms with van der Waals surface area (Å²) in [4.78, 5) is 0. The van der Waals surface area contributed by atoms with Crippen molar-refractivity contribution in [3.63, 3.8) is 0 Å². The molecular formula is C14H14N2. The summed E-state index contributed by atoms with van der Waals surface area (Å²) < 4.78 is 1.93. The molecule has 0 saturated carbocycles. The Morgan fingerprint density at radius 3 is 2.56 bits per heavy atom. The topological polar surface area (TPSA) is 28.7 Å². The van der Waals surface area contributed by atoms with E-state index in [1.165, 1.54) is 11.1 Å². The largest absolute Gasteiger partial charge is 0.355 e. The SMILES string of the molecule is Cc1cccc(-c2cn(C)cc2C#N)c1C. The fraction of sp³-hybridized carbons (Fsp3) is 0.214. The Balaban J connectivity index is 2.68. The van der Waals surface area contributed by atoms with E-state index in [0.29, 0.717) is 0 Å². The van der Waals surface area contributed by atoms with Crippen LogP contribution in [-0.2, 0) is 7.05 Å². The molecular weight excluding hydrogens is 196 g/mol. The van der Waals surface area contributed by atoms with Gasteiger partial charge in [0.25, 0.3) is 0 Å². The van der Waals surface area contributed by atoms with Gasteiger partial charge in [0.2, 0.25) is 0 Å². The van der Waals surface area contributed by atoms with Crippen molar-refractivity contribution < 1.29 is 0 Å². The molecule has 1 heterocycles. The Kier molecular flexibility index (Phi) is 2.54. The predicted molar refractivity (Wildman–Crippen MR) is 65.0 cm³/mol. The van der Waals surface area contributed by atoms with E-state index in [4.69, 9.17) is 5.26 Å². The first kappa shape index (κ1) is 10.5. The minimum Gasteiger partial charge on any atom is -0.355 e. The highest BCUT2D eigenvalue weighted by Crippen LogP contribution is 2.28. The van der Waals surface area contributed by atoms with E-state index in [2.05, 4.69) is 32.0 Å². The lowest BCUT2D eigenvalue weighted by Crippen LogP contribution is -1.87. The van der Waals surface area contributed by atoms with Crippen LogP contribution in [0.5, 0.6) is 0 Å². The zero-order valence-corrected chi connectivity index (χ0v) is 9.78. The summed E-state index contributed by atoms with van der Waals surface area (Å²) in [5.74, 6) is 0. The first-order valence-electron chi connectivity index (χ1n) is 5.26. The van der Waals surface area contributed by atoms with Crippen molar-refractivity contribution in [1.82, 2.24) is 4.57 Å². The molecule has 0 unspecified atom stereocenters. The molecule has 0 fully saturated rings. The first-order chi connectivity index (χ1) is 7.63. The zero-order valence-electron chi connectivity index (χ0n) is 9.78. The minimum atomic E-state index is 0.733. The lowest BCUT2D eigenvalue weighted by Gasteiger charge is -2.07. The van der Waals surface area contributed by atoms with E-state index in [0.717, 1.165) is 16.7 Å². The third-order valence-electron chi connectivity index (χ3n) is 2.97. The van der Waals surface area contributed by atoms with Crippen molar-refractivity contribution in [3.05, 3.63) is 47.3 Å². The molecule has 0 N–H and O–H groups in total. The van der Waals surface area contributed by atoms with Crippen LogP contribution in [0.15, 0.2) is 30.6 Å². The second-order valence-corrected chi connectivity index (χ2v) is 4.11. The van der Waals surface area contributed by atoms with Crippen molar-refractivity contribution in [2.45, 2.75) is 13.8 Å². The van der Waals surface area contributed by atoms with E-state index in [9.17, 15) is 0 Å². The molecule has 0 aliphatic heterocycles. The quantitative estimate of drug-likeness (QED) is 0.710. The molecule has 0 spiro atoms. The maximum Gasteiger partial charge on any atom is 0.101 e. The minimum absolute atomic E-state index is 0.733. The third-order valence-corrected chi connectivity index (χ3v) is 2.97. The van der Waals surface area contributed by atoms with Crippen LogP contribution < -0.4 is 0 Å². The van der Waals surface area contributed by atoms with Crippen LogP contribution >= 0.6 is 0 Å². The highest BCUT2D eigenvalue weighted by Gasteiger charge is 2.10. The van der Waals surface area contributed by atoms with Crippen LogP contribution in [-0.4, -0.2) is 4.57 Å². The van der Waals surface area contributed by atoms with Gasteiger partial charge in [-0.2, -0.15) is 5.26 Å². The normalized spacial score (nSPS) is 10.1. The van der Waals surface area contributed by atoms with Gasteiger partial charge in [0, 0.05) is 25.0 Å². The molecule has 0 bridgehead atoms. The molecule has 0 aliphatic carbocycles. The van der Waals surface area contributed by atoms with Gasteiger partial charge < -0.3 is 4.57 Å². The molecule has 0 atom stereocenters. The molecule has 0 amide bonds. The van der Waals surface area contributed by atoms with Gasteiger partial charge in [-0.1, -0.05) is 18.2 Å². The average molecular weight is 210 g/mol. The number of aryl methyl sites for hydroxylation is 2. The van der Waals surface area contributed by atoms with Gasteiger partial charge in [0.15, 0.2) is 0 Å². The fourth-order valence-electron chi connectivity index (χ4n) is 1.93. The van der Waals surface area contributed by atoms with Crippen molar-refractivity contribution in [1.29, 1.82) is 5.26 Å². The average Bonchev–Trinajstić information content (AvgIpc) is 2.63. The monoisotopic (exact) mass is 210 g/mol. The number of benzene rings is 1. The van der Waals surface area contributed by atoms with Gasteiger partial charge >= 0.3 is 0 Å². The number of rotatable bonds is 1. The predicted octanol–water partition coefficient (Wildman–Crippen LogP) is 3.18. The van der Waals surface area contributed by atoms with E-state index >= 15 is 0 Å². The fourth-order valence-corrected chi connectivity index (χ4v) is 1.93. The van der Waals surface area contributed by atoms with Gasteiger partial charge in [-0.3, -0.25) is 0 Å². The molecule has 0 radical (unpaired) electrons. The van der Waals surface area contributed by atoms with Crippen LogP contribution in [0.4, 0.5) is 0 Å². The summed E-state index contributed by atoms with van der Waals surface area (Å²) in [6.45, 7) is 4.19. The second kappa shape index (κ2) is 3.86. The highest BCUT2D eigenvalue weighted by atomic mass is 14.9. The zero-order chi connectivity index (χ0) is 11.7. The van der Waals surface area contributed by atoms with E-state index in [1.807, 2.05) is 30.1 Å². The molecule has 0 aliphatic rings. The van der Waals surface area contributed by atoms with Gasteiger partial charge in [0.05, 0.1) is 5.56 Å². The number of nitrogens with zero attached hydrogens (tertiary/aromatic N) is 2. The molecule has 2 nitrogen and oxygen atoms in total. The third kappa shape index (κ3) is 1.61. The molecule has 2 rings (SSSR count). The number of hydrogen-bond acceptors (Lipinski definition) is 1. The van der Waals surface area contributed by atoms with Crippen molar-refractivity contribution in [2.24, 2.45) is 7.05 Å². The summed E-state index contributed by atoms with van der Waals surface area (Å²) in [6, 6.07) is 8.43. The standard InChI is InChI=1S/C14H14N2/c1-10-5-4-6-13(11(10)2)14-9-16(3)8-12(14)7-15/h4-6,8-9H,1-3H3. The molecule has 80 valence electrons. The lowest BCUT2D eigenvalue weighted by atomic mass is 9.97. The van der Waals surface area contributed by atoms with Gasteiger partial charge in [-0.25, -0.2) is 0 Å². The summed E-state index contributed by atoms with van der Waals surface area (Å²) in [6.07, 6.45) is 3.86. The molecule has 1 aromatic heterocycles. The van der Waals surface area contributed by atoms with Crippen LogP contribution in [0, 0.1) is 25.2 Å². The van der Waals surface area contributed by atoms with Gasteiger partial charge in [-0.15, -0.1) is 0 Å². The Morgan fingerprint density at radius 2 is 1.88 bits per heavy atom. The summed E-state index contributed by atoms with van der Waals surface area (Å²) >= 11 is 0. The Labute approximate surface area is 95.8 Å². The van der Waals surface area contributed by atoms with Crippen LogP contribution in [0.25, 0.3) is 11.1 Å². The van der Waals surface area contributed by atoms with Crippen molar-refractivity contribution in [3.8, 4) is 17.2 Å². The molecule has 2 heteroatoms. The summed E-state index contributed by atoms with van der Waals surface area (Å²) in [5, 5.41) is 9.09. The molecule has 2 aromatic rings. The highest BCUT2D eigenvalue weighted by molar-refractivity contribution is 5.73. The maximum absolute atomic E-state index is 9.09.